The SMILES string of the molecule is CC(C)C1=C(Cl)C(Cl)C(=O)N(C)C1=O. The van der Waals surface area contributed by atoms with Gasteiger partial charge in [-0.3, -0.25) is 14.5 Å². The van der Waals surface area contributed by atoms with Crippen molar-refractivity contribution in [1.29, 1.82) is 0 Å². The molecule has 1 heterocycles. The predicted octanol–water partition coefficient (Wildman–Crippen LogP) is 1.74. The number of carbonyl (C=O) groups is 2. The Kier molecular flexibility index (Phi) is 3.22. The molecule has 0 aromatic rings. The van der Waals surface area contributed by atoms with Gasteiger partial charge in [0.1, 0.15) is 5.38 Å². The fourth-order valence-electron chi connectivity index (χ4n) is 1.32. The molecule has 0 spiro atoms. The van der Waals surface area contributed by atoms with Crippen molar-refractivity contribution in [2.75, 3.05) is 7.05 Å². The number of halogens is 2. The van der Waals surface area contributed by atoms with E-state index < -0.39 is 11.3 Å². The highest BCUT2D eigenvalue weighted by molar-refractivity contribution is 6.46. The third kappa shape index (κ3) is 1.66. The van der Waals surface area contributed by atoms with Crippen molar-refractivity contribution in [3.05, 3.63) is 10.6 Å². The first-order chi connectivity index (χ1) is 6.37. The number of imide groups is 1. The minimum atomic E-state index is -0.920. The zero-order chi connectivity index (χ0) is 11.0. The quantitative estimate of drug-likeness (QED) is 0.513. The summed E-state index contributed by atoms with van der Waals surface area (Å²) in [6.45, 7) is 3.67. The van der Waals surface area contributed by atoms with E-state index in [1.807, 2.05) is 13.8 Å². The summed E-state index contributed by atoms with van der Waals surface area (Å²) in [6.07, 6.45) is 0. The molecule has 2 amide bonds. The second-order valence-corrected chi connectivity index (χ2v) is 4.32. The van der Waals surface area contributed by atoms with Gasteiger partial charge < -0.3 is 0 Å². The molecule has 0 aliphatic carbocycles. The number of likely N-dealkylation sites (N-methyl/N-ethyl adjacent to an activating group) is 1. The van der Waals surface area contributed by atoms with Crippen LogP contribution in [-0.2, 0) is 9.59 Å². The van der Waals surface area contributed by atoms with Gasteiger partial charge in [-0.1, -0.05) is 25.4 Å². The maximum absolute atomic E-state index is 11.6. The van der Waals surface area contributed by atoms with Crippen LogP contribution in [0.15, 0.2) is 10.6 Å². The summed E-state index contributed by atoms with van der Waals surface area (Å²) in [5.41, 5.74) is 0.425. The molecule has 1 rings (SSSR count). The second-order valence-electron chi connectivity index (χ2n) is 3.48. The van der Waals surface area contributed by atoms with Crippen LogP contribution in [0.2, 0.25) is 0 Å². The van der Waals surface area contributed by atoms with Crippen LogP contribution in [-0.4, -0.2) is 29.1 Å². The van der Waals surface area contributed by atoms with Crippen LogP contribution in [0.4, 0.5) is 0 Å². The van der Waals surface area contributed by atoms with Gasteiger partial charge in [-0.05, 0) is 5.92 Å². The monoisotopic (exact) mass is 235 g/mol. The van der Waals surface area contributed by atoms with E-state index in [1.165, 1.54) is 7.05 Å². The van der Waals surface area contributed by atoms with Gasteiger partial charge in [-0.25, -0.2) is 0 Å². The Labute approximate surface area is 92.7 Å². The molecule has 14 heavy (non-hydrogen) atoms. The fraction of sp³-hybridized carbons (Fsp3) is 0.556. The highest BCUT2D eigenvalue weighted by Crippen LogP contribution is 2.30. The molecule has 1 aliphatic rings. The molecule has 1 atom stereocenters. The number of hydrogen-bond acceptors (Lipinski definition) is 2. The van der Waals surface area contributed by atoms with Crippen LogP contribution in [0.3, 0.4) is 0 Å². The molecule has 3 nitrogen and oxygen atoms in total. The van der Waals surface area contributed by atoms with Gasteiger partial charge in [0, 0.05) is 12.6 Å². The maximum atomic E-state index is 11.6. The number of alkyl halides is 1. The summed E-state index contributed by atoms with van der Waals surface area (Å²) in [5.74, 6) is -0.857. The van der Waals surface area contributed by atoms with Gasteiger partial charge in [0.05, 0.1) is 5.03 Å². The highest BCUT2D eigenvalue weighted by atomic mass is 35.5. The van der Waals surface area contributed by atoms with Crippen LogP contribution >= 0.6 is 23.2 Å². The Balaban J connectivity index is 3.24. The number of amides is 2. The van der Waals surface area contributed by atoms with Crippen molar-refractivity contribution in [3.8, 4) is 0 Å². The average molecular weight is 236 g/mol. The molecule has 1 unspecified atom stereocenters. The molecular formula is C9H11Cl2NO2. The second kappa shape index (κ2) is 3.91. The summed E-state index contributed by atoms with van der Waals surface area (Å²) in [4.78, 5) is 24.0. The minimum Gasteiger partial charge on any atom is -0.280 e. The van der Waals surface area contributed by atoms with E-state index >= 15 is 0 Å². The van der Waals surface area contributed by atoms with Crippen molar-refractivity contribution >= 4 is 35.0 Å². The van der Waals surface area contributed by atoms with Gasteiger partial charge in [-0.2, -0.15) is 0 Å². The third-order valence-corrected chi connectivity index (χ3v) is 3.08. The summed E-state index contributed by atoms with van der Waals surface area (Å²) in [5, 5.41) is -0.758. The lowest BCUT2D eigenvalue weighted by Crippen LogP contribution is -2.45. The molecule has 0 aromatic carbocycles. The zero-order valence-corrected chi connectivity index (χ0v) is 9.69. The van der Waals surface area contributed by atoms with Crippen LogP contribution in [0.1, 0.15) is 13.8 Å². The number of rotatable bonds is 1. The van der Waals surface area contributed by atoms with Gasteiger partial charge >= 0.3 is 0 Å². The lowest BCUT2D eigenvalue weighted by molar-refractivity contribution is -0.141. The van der Waals surface area contributed by atoms with Crippen molar-refractivity contribution in [2.45, 2.75) is 19.2 Å². The van der Waals surface area contributed by atoms with E-state index in [1.54, 1.807) is 0 Å². The Morgan fingerprint density at radius 1 is 1.36 bits per heavy atom. The van der Waals surface area contributed by atoms with Crippen molar-refractivity contribution < 1.29 is 9.59 Å². The maximum Gasteiger partial charge on any atom is 0.257 e. The van der Waals surface area contributed by atoms with Gasteiger partial charge in [0.15, 0.2) is 0 Å². The molecule has 0 saturated carbocycles. The van der Waals surface area contributed by atoms with Gasteiger partial charge in [0.25, 0.3) is 11.8 Å². The number of carbonyl (C=O) groups excluding carboxylic acids is 2. The lowest BCUT2D eigenvalue weighted by Gasteiger charge is -2.28. The van der Waals surface area contributed by atoms with Crippen LogP contribution in [0.5, 0.6) is 0 Å². The first kappa shape index (κ1) is 11.5. The Bertz CT molecular complexity index is 323. The van der Waals surface area contributed by atoms with E-state index in [0.717, 1.165) is 4.90 Å². The average Bonchev–Trinajstić information content (AvgIpc) is 2.11. The molecule has 78 valence electrons. The Morgan fingerprint density at radius 3 is 2.29 bits per heavy atom. The molecule has 0 saturated heterocycles. The van der Waals surface area contributed by atoms with E-state index in [2.05, 4.69) is 0 Å². The largest absolute Gasteiger partial charge is 0.280 e. The van der Waals surface area contributed by atoms with Gasteiger partial charge in [0.2, 0.25) is 0 Å². The standard InChI is InChI=1S/C9H11Cl2NO2/c1-4(2)5-6(10)7(11)9(14)12(3)8(5)13/h4,7H,1-3H3. The predicted molar refractivity (Wildman–Crippen MR) is 55.1 cm³/mol. The number of hydrogen-bond donors (Lipinski definition) is 0. The molecule has 0 aromatic heterocycles. The van der Waals surface area contributed by atoms with E-state index in [9.17, 15) is 9.59 Å². The first-order valence-electron chi connectivity index (χ1n) is 4.23. The van der Waals surface area contributed by atoms with Crippen LogP contribution in [0.25, 0.3) is 0 Å². The third-order valence-electron chi connectivity index (χ3n) is 2.14. The smallest absolute Gasteiger partial charge is 0.257 e. The fourth-order valence-corrected chi connectivity index (χ4v) is 1.98. The zero-order valence-electron chi connectivity index (χ0n) is 8.17. The van der Waals surface area contributed by atoms with Crippen LogP contribution < -0.4 is 0 Å². The lowest BCUT2D eigenvalue weighted by atomic mass is 9.97. The molecule has 1 aliphatic heterocycles. The summed E-state index contributed by atoms with van der Waals surface area (Å²) >= 11 is 11.6. The normalized spacial score (nSPS) is 23.9. The van der Waals surface area contributed by atoms with Crippen LogP contribution in [0, 0.1) is 5.92 Å². The van der Waals surface area contributed by atoms with Crippen molar-refractivity contribution in [3.63, 3.8) is 0 Å². The first-order valence-corrected chi connectivity index (χ1v) is 5.05. The molecule has 0 bridgehead atoms. The van der Waals surface area contributed by atoms with Gasteiger partial charge in [-0.15, -0.1) is 11.6 Å². The molecule has 0 fully saturated rings. The summed E-state index contributed by atoms with van der Waals surface area (Å²) in [6, 6.07) is 0. The highest BCUT2D eigenvalue weighted by Gasteiger charge is 2.37. The van der Waals surface area contributed by atoms with E-state index in [-0.39, 0.29) is 16.9 Å². The summed E-state index contributed by atoms with van der Waals surface area (Å²) < 4.78 is 0. The van der Waals surface area contributed by atoms with Crippen molar-refractivity contribution in [2.24, 2.45) is 5.92 Å². The Hall–Kier alpha value is -0.540. The number of nitrogens with zero attached hydrogens (tertiary/aromatic N) is 1. The summed E-state index contributed by atoms with van der Waals surface area (Å²) in [7, 11) is 1.41. The molecular weight excluding hydrogens is 225 g/mol. The Morgan fingerprint density at radius 2 is 1.86 bits per heavy atom. The topological polar surface area (TPSA) is 37.4 Å². The van der Waals surface area contributed by atoms with E-state index in [0.29, 0.717) is 5.57 Å². The molecule has 5 heteroatoms. The molecule has 0 N–H and O–H groups in total. The van der Waals surface area contributed by atoms with E-state index in [4.69, 9.17) is 23.2 Å². The minimum absolute atomic E-state index is 0.0354. The van der Waals surface area contributed by atoms with Crippen molar-refractivity contribution in [1.82, 2.24) is 4.90 Å². The molecule has 0 radical (unpaired) electrons.